The van der Waals surface area contributed by atoms with Gasteiger partial charge in [0.1, 0.15) is 0 Å². The Bertz CT molecular complexity index is 388. The van der Waals surface area contributed by atoms with Crippen LogP contribution in [0.15, 0.2) is 18.5 Å². The minimum absolute atomic E-state index is 0.0802. The second-order valence-corrected chi connectivity index (χ2v) is 5.26. The van der Waals surface area contributed by atoms with Crippen molar-refractivity contribution in [2.45, 2.75) is 58.1 Å². The molecule has 1 aromatic rings. The van der Waals surface area contributed by atoms with Gasteiger partial charge < -0.3 is 10.1 Å². The summed E-state index contributed by atoms with van der Waals surface area (Å²) < 4.78 is 6.01. The van der Waals surface area contributed by atoms with Crippen molar-refractivity contribution in [2.75, 3.05) is 11.9 Å². The number of hydrogen-bond acceptors (Lipinski definition) is 3. The first kappa shape index (κ1) is 13.3. The molecule has 3 nitrogen and oxygen atoms in total. The summed E-state index contributed by atoms with van der Waals surface area (Å²) in [7, 11) is 0. The molecule has 1 atom stereocenters. The highest BCUT2D eigenvalue weighted by molar-refractivity contribution is 5.49. The van der Waals surface area contributed by atoms with Gasteiger partial charge in [-0.15, -0.1) is 0 Å². The summed E-state index contributed by atoms with van der Waals surface area (Å²) in [4.78, 5) is 4.13. The zero-order valence-electron chi connectivity index (χ0n) is 11.7. The maximum atomic E-state index is 6.01. The third-order valence-electron chi connectivity index (χ3n) is 4.16. The fourth-order valence-electron chi connectivity index (χ4n) is 2.75. The Balaban J connectivity index is 2.04. The number of pyridine rings is 1. The third kappa shape index (κ3) is 2.83. The van der Waals surface area contributed by atoms with E-state index in [1.54, 1.807) is 0 Å². The van der Waals surface area contributed by atoms with Gasteiger partial charge in [-0.05, 0) is 44.2 Å². The van der Waals surface area contributed by atoms with Crippen LogP contribution in [0.2, 0.25) is 0 Å². The Morgan fingerprint density at radius 3 is 2.89 bits per heavy atom. The second kappa shape index (κ2) is 5.70. The molecule has 18 heavy (non-hydrogen) atoms. The van der Waals surface area contributed by atoms with Crippen molar-refractivity contribution in [1.82, 2.24) is 4.98 Å². The van der Waals surface area contributed by atoms with Crippen molar-refractivity contribution in [1.29, 1.82) is 0 Å². The van der Waals surface area contributed by atoms with Crippen molar-refractivity contribution < 1.29 is 4.74 Å². The van der Waals surface area contributed by atoms with Crippen LogP contribution in [-0.4, -0.2) is 23.2 Å². The summed E-state index contributed by atoms with van der Waals surface area (Å²) in [5.41, 5.74) is 2.50. The van der Waals surface area contributed by atoms with Crippen LogP contribution in [0.3, 0.4) is 0 Å². The third-order valence-corrected chi connectivity index (χ3v) is 4.16. The van der Waals surface area contributed by atoms with E-state index in [1.165, 1.54) is 11.3 Å². The number of hydrogen-bond donors (Lipinski definition) is 1. The summed E-state index contributed by atoms with van der Waals surface area (Å²) in [5, 5.41) is 3.65. The molecule has 0 bridgehead atoms. The minimum Gasteiger partial charge on any atom is -0.382 e. The van der Waals surface area contributed by atoms with E-state index in [1.807, 2.05) is 12.4 Å². The van der Waals surface area contributed by atoms with Crippen molar-refractivity contribution in [3.8, 4) is 0 Å². The van der Waals surface area contributed by atoms with Crippen molar-refractivity contribution in [3.63, 3.8) is 0 Å². The zero-order valence-corrected chi connectivity index (χ0v) is 11.7. The molecule has 1 unspecified atom stereocenters. The first-order valence-corrected chi connectivity index (χ1v) is 7.00. The minimum atomic E-state index is 0.0802. The van der Waals surface area contributed by atoms with Gasteiger partial charge in [0, 0.05) is 30.7 Å². The number of aryl methyl sites for hydroxylation is 1. The van der Waals surface area contributed by atoms with Crippen LogP contribution in [0.25, 0.3) is 0 Å². The molecular formula is C15H24N2O. The van der Waals surface area contributed by atoms with Gasteiger partial charge in [-0.25, -0.2) is 0 Å². The molecule has 0 radical (unpaired) electrons. The number of nitrogens with one attached hydrogen (secondary N) is 1. The standard InChI is InChI=1S/C15H24N2O/c1-4-15(5-2)10-13(7-9-18-15)17-14-6-8-16-11-12(14)3/h6,8,11,13H,4-5,7,9-10H2,1-3H3,(H,16,17). The Labute approximate surface area is 110 Å². The van der Waals surface area contributed by atoms with Crippen molar-refractivity contribution in [3.05, 3.63) is 24.0 Å². The number of ether oxygens (including phenoxy) is 1. The highest BCUT2D eigenvalue weighted by atomic mass is 16.5. The van der Waals surface area contributed by atoms with Crippen LogP contribution in [0.5, 0.6) is 0 Å². The molecule has 3 heteroatoms. The lowest BCUT2D eigenvalue weighted by molar-refractivity contribution is -0.0864. The van der Waals surface area contributed by atoms with E-state index in [9.17, 15) is 0 Å². The highest BCUT2D eigenvalue weighted by Gasteiger charge is 2.34. The lowest BCUT2D eigenvalue weighted by atomic mass is 9.86. The smallest absolute Gasteiger partial charge is 0.0696 e. The average molecular weight is 248 g/mol. The van der Waals surface area contributed by atoms with Gasteiger partial charge in [-0.3, -0.25) is 4.98 Å². The summed E-state index contributed by atoms with van der Waals surface area (Å²) >= 11 is 0. The summed E-state index contributed by atoms with van der Waals surface area (Å²) in [5.74, 6) is 0. The Morgan fingerprint density at radius 2 is 2.22 bits per heavy atom. The zero-order chi connectivity index (χ0) is 13.0. The molecule has 100 valence electrons. The lowest BCUT2D eigenvalue weighted by Crippen LogP contribution is -2.43. The number of aromatic nitrogens is 1. The molecule has 1 fully saturated rings. The molecule has 2 rings (SSSR count). The number of anilines is 1. The van der Waals surface area contributed by atoms with E-state index in [2.05, 4.69) is 37.1 Å². The van der Waals surface area contributed by atoms with Crippen LogP contribution >= 0.6 is 0 Å². The number of nitrogens with zero attached hydrogens (tertiary/aromatic N) is 1. The van der Waals surface area contributed by atoms with Crippen LogP contribution in [0, 0.1) is 6.92 Å². The van der Waals surface area contributed by atoms with E-state index in [4.69, 9.17) is 4.74 Å². The van der Waals surface area contributed by atoms with Gasteiger partial charge in [0.05, 0.1) is 5.60 Å². The van der Waals surface area contributed by atoms with Crippen molar-refractivity contribution in [2.24, 2.45) is 0 Å². The van der Waals surface area contributed by atoms with Gasteiger partial charge in [-0.2, -0.15) is 0 Å². The van der Waals surface area contributed by atoms with Crippen LogP contribution in [0.1, 0.15) is 45.1 Å². The first-order chi connectivity index (χ1) is 8.69. The van der Waals surface area contributed by atoms with E-state index in [0.717, 1.165) is 32.3 Å². The summed E-state index contributed by atoms with van der Waals surface area (Å²) in [6, 6.07) is 2.57. The van der Waals surface area contributed by atoms with Crippen LogP contribution in [-0.2, 0) is 4.74 Å². The Kier molecular flexibility index (Phi) is 4.23. The average Bonchev–Trinajstić information content (AvgIpc) is 2.41. The van der Waals surface area contributed by atoms with Crippen LogP contribution < -0.4 is 5.32 Å². The molecule has 1 N–H and O–H groups in total. The molecule has 1 aromatic heterocycles. The topological polar surface area (TPSA) is 34.2 Å². The predicted molar refractivity (Wildman–Crippen MR) is 74.9 cm³/mol. The van der Waals surface area contributed by atoms with Gasteiger partial charge in [-0.1, -0.05) is 13.8 Å². The molecule has 0 amide bonds. The fraction of sp³-hybridized carbons (Fsp3) is 0.667. The maximum Gasteiger partial charge on any atom is 0.0696 e. The highest BCUT2D eigenvalue weighted by Crippen LogP contribution is 2.33. The SMILES string of the molecule is CCC1(CC)CC(Nc2ccncc2C)CCO1. The second-order valence-electron chi connectivity index (χ2n) is 5.26. The molecule has 0 aliphatic carbocycles. The molecule has 2 heterocycles. The molecule has 1 aliphatic heterocycles. The first-order valence-electron chi connectivity index (χ1n) is 7.00. The van der Waals surface area contributed by atoms with Crippen molar-refractivity contribution >= 4 is 5.69 Å². The lowest BCUT2D eigenvalue weighted by Gasteiger charge is -2.40. The van der Waals surface area contributed by atoms with Gasteiger partial charge in [0.2, 0.25) is 0 Å². The molecule has 1 saturated heterocycles. The Hall–Kier alpha value is -1.09. The maximum absolute atomic E-state index is 6.01. The van der Waals surface area contributed by atoms with Gasteiger partial charge >= 0.3 is 0 Å². The fourth-order valence-corrected chi connectivity index (χ4v) is 2.75. The quantitative estimate of drug-likeness (QED) is 0.885. The Morgan fingerprint density at radius 1 is 1.44 bits per heavy atom. The molecule has 0 spiro atoms. The molecule has 1 aliphatic rings. The van der Waals surface area contributed by atoms with E-state index in [-0.39, 0.29) is 5.60 Å². The van der Waals surface area contributed by atoms with E-state index in [0.29, 0.717) is 6.04 Å². The normalized spacial score (nSPS) is 22.7. The molecule has 0 aromatic carbocycles. The largest absolute Gasteiger partial charge is 0.382 e. The monoisotopic (exact) mass is 248 g/mol. The summed E-state index contributed by atoms with van der Waals surface area (Å²) in [6.07, 6.45) is 8.13. The van der Waals surface area contributed by atoms with Gasteiger partial charge in [0.25, 0.3) is 0 Å². The predicted octanol–water partition coefficient (Wildman–Crippen LogP) is 3.54. The number of rotatable bonds is 4. The summed E-state index contributed by atoms with van der Waals surface area (Å²) in [6.45, 7) is 7.41. The van der Waals surface area contributed by atoms with Gasteiger partial charge in [0.15, 0.2) is 0 Å². The van der Waals surface area contributed by atoms with Crippen LogP contribution in [0.4, 0.5) is 5.69 Å². The van der Waals surface area contributed by atoms with E-state index >= 15 is 0 Å². The molecule has 0 saturated carbocycles. The van der Waals surface area contributed by atoms with E-state index < -0.39 is 0 Å². The molecular weight excluding hydrogens is 224 g/mol.